The van der Waals surface area contributed by atoms with E-state index in [0.29, 0.717) is 39.1 Å². The Morgan fingerprint density at radius 1 is 0.970 bits per heavy atom. The van der Waals surface area contributed by atoms with Crippen LogP contribution in [-0.4, -0.2) is 27.7 Å². The molecule has 0 saturated heterocycles. The molecular weight excluding hydrogens is 442 g/mol. The molecule has 0 bridgehead atoms. The zero-order chi connectivity index (χ0) is 23.2. The molecule has 0 aliphatic carbocycles. The molecule has 0 saturated carbocycles. The van der Waals surface area contributed by atoms with Crippen LogP contribution in [0.4, 0.5) is 16.5 Å². The molecule has 0 unspecified atom stereocenters. The first-order chi connectivity index (χ1) is 16.0. The number of thiazole rings is 1. The Hall–Kier alpha value is -4.31. The molecule has 3 amide bonds. The van der Waals surface area contributed by atoms with Gasteiger partial charge in [-0.05, 0) is 43.3 Å². The number of carbonyl (C=O) groups is 3. The van der Waals surface area contributed by atoms with E-state index < -0.39 is 0 Å². The van der Waals surface area contributed by atoms with Crippen molar-refractivity contribution in [3.05, 3.63) is 89.1 Å². The highest BCUT2D eigenvalue weighted by atomic mass is 32.1. The molecule has 0 aliphatic rings. The topological polar surface area (TPSA) is 126 Å². The van der Waals surface area contributed by atoms with E-state index in [2.05, 4.69) is 25.9 Å². The number of hydrogen-bond acceptors (Lipinski definition) is 7. The number of amides is 3. The molecule has 3 aromatic heterocycles. The van der Waals surface area contributed by atoms with E-state index in [4.69, 9.17) is 4.42 Å². The van der Waals surface area contributed by atoms with Gasteiger partial charge in [0.25, 0.3) is 11.8 Å². The fraction of sp³-hybridized carbons (Fsp3) is 0.0870. The number of nitrogens with zero attached hydrogens (tertiary/aromatic N) is 2. The van der Waals surface area contributed by atoms with Gasteiger partial charge in [0.1, 0.15) is 5.76 Å². The molecule has 166 valence electrons. The fourth-order valence-corrected chi connectivity index (χ4v) is 3.69. The molecule has 4 aromatic rings. The summed E-state index contributed by atoms with van der Waals surface area (Å²) in [6.45, 7) is 1.70. The summed E-state index contributed by atoms with van der Waals surface area (Å²) in [6, 6.07) is 11.7. The van der Waals surface area contributed by atoms with E-state index in [0.717, 1.165) is 0 Å². The fourth-order valence-electron chi connectivity index (χ4n) is 2.98. The van der Waals surface area contributed by atoms with Crippen molar-refractivity contribution in [3.63, 3.8) is 0 Å². The molecule has 0 fully saturated rings. The molecule has 9 nitrogen and oxygen atoms in total. The van der Waals surface area contributed by atoms with E-state index in [9.17, 15) is 14.4 Å². The molecule has 33 heavy (non-hydrogen) atoms. The van der Waals surface area contributed by atoms with Gasteiger partial charge in [0.15, 0.2) is 5.13 Å². The summed E-state index contributed by atoms with van der Waals surface area (Å²) < 4.78 is 5.13. The number of aromatic nitrogens is 2. The summed E-state index contributed by atoms with van der Waals surface area (Å²) in [4.78, 5) is 45.2. The Bertz CT molecular complexity index is 1300. The highest BCUT2D eigenvalue weighted by Crippen LogP contribution is 2.20. The summed E-state index contributed by atoms with van der Waals surface area (Å²) in [5.41, 5.74) is 2.52. The molecule has 0 radical (unpaired) electrons. The van der Waals surface area contributed by atoms with E-state index in [1.54, 1.807) is 67.2 Å². The van der Waals surface area contributed by atoms with Gasteiger partial charge in [-0.1, -0.05) is 6.07 Å². The molecule has 10 heteroatoms. The van der Waals surface area contributed by atoms with Crippen LogP contribution in [0.15, 0.2) is 70.9 Å². The second kappa shape index (κ2) is 9.88. The minimum absolute atomic E-state index is 0.0325. The summed E-state index contributed by atoms with van der Waals surface area (Å²) in [5.74, 6) is -0.356. The highest BCUT2D eigenvalue weighted by molar-refractivity contribution is 7.14. The zero-order valence-corrected chi connectivity index (χ0v) is 18.3. The van der Waals surface area contributed by atoms with Gasteiger partial charge in [0.05, 0.1) is 23.9 Å². The summed E-state index contributed by atoms with van der Waals surface area (Å²) in [7, 11) is 0. The van der Waals surface area contributed by atoms with E-state index in [1.807, 2.05) is 0 Å². The maximum absolute atomic E-state index is 12.5. The maximum Gasteiger partial charge on any atom is 0.260 e. The van der Waals surface area contributed by atoms with Gasteiger partial charge in [-0.2, -0.15) is 0 Å². The Morgan fingerprint density at radius 3 is 2.45 bits per heavy atom. The molecular formula is C23H19N5O4S. The quantitative estimate of drug-likeness (QED) is 0.380. The van der Waals surface area contributed by atoms with Gasteiger partial charge in [-0.25, -0.2) is 4.98 Å². The summed E-state index contributed by atoms with van der Waals surface area (Å²) >= 11 is 1.23. The van der Waals surface area contributed by atoms with Gasteiger partial charge in [-0.3, -0.25) is 24.7 Å². The average Bonchev–Trinajstić information content (AvgIpc) is 3.43. The van der Waals surface area contributed by atoms with Crippen LogP contribution < -0.4 is 16.0 Å². The van der Waals surface area contributed by atoms with Crippen molar-refractivity contribution in [2.75, 3.05) is 16.0 Å². The Labute approximate surface area is 192 Å². The lowest BCUT2D eigenvalue weighted by Gasteiger charge is -2.08. The van der Waals surface area contributed by atoms with Crippen LogP contribution in [0.3, 0.4) is 0 Å². The number of carbonyl (C=O) groups excluding carboxylic acids is 3. The Kier molecular flexibility index (Phi) is 6.56. The van der Waals surface area contributed by atoms with E-state index >= 15 is 0 Å². The van der Waals surface area contributed by atoms with Crippen LogP contribution in [0.5, 0.6) is 0 Å². The van der Waals surface area contributed by atoms with Gasteiger partial charge < -0.3 is 15.1 Å². The standard InChI is InChI=1S/C23H19N5O4S/c1-14-19(7-10-32-14)22(31)28-23-27-18(13-33-23)12-20(29)25-16-3-2-4-17(11-16)26-21(30)15-5-8-24-9-6-15/h2-11,13H,12H2,1H3,(H,25,29)(H,26,30)(H,27,28,31). The van der Waals surface area contributed by atoms with Crippen LogP contribution in [-0.2, 0) is 11.2 Å². The minimum Gasteiger partial charge on any atom is -0.469 e. The van der Waals surface area contributed by atoms with Crippen LogP contribution in [0.25, 0.3) is 0 Å². The van der Waals surface area contributed by atoms with Crippen LogP contribution in [0.1, 0.15) is 32.2 Å². The number of nitrogens with one attached hydrogen (secondary N) is 3. The summed E-state index contributed by atoms with van der Waals surface area (Å²) in [5, 5.41) is 10.4. The largest absolute Gasteiger partial charge is 0.469 e. The van der Waals surface area contributed by atoms with Crippen molar-refractivity contribution in [1.29, 1.82) is 0 Å². The van der Waals surface area contributed by atoms with Crippen LogP contribution in [0, 0.1) is 6.92 Å². The Balaban J connectivity index is 1.33. The molecule has 3 N–H and O–H groups in total. The highest BCUT2D eigenvalue weighted by Gasteiger charge is 2.15. The van der Waals surface area contributed by atoms with Crippen molar-refractivity contribution in [3.8, 4) is 0 Å². The number of benzene rings is 1. The zero-order valence-electron chi connectivity index (χ0n) is 17.5. The normalized spacial score (nSPS) is 10.5. The van der Waals surface area contributed by atoms with Crippen molar-refractivity contribution >= 4 is 45.6 Å². The van der Waals surface area contributed by atoms with Gasteiger partial charge in [0.2, 0.25) is 5.91 Å². The van der Waals surface area contributed by atoms with Gasteiger partial charge in [-0.15, -0.1) is 11.3 Å². The smallest absolute Gasteiger partial charge is 0.260 e. The number of anilines is 3. The third-order valence-electron chi connectivity index (χ3n) is 4.56. The molecule has 4 rings (SSSR count). The molecule has 1 aromatic carbocycles. The number of hydrogen-bond donors (Lipinski definition) is 3. The van der Waals surface area contributed by atoms with Gasteiger partial charge in [0, 0.05) is 34.7 Å². The van der Waals surface area contributed by atoms with Crippen molar-refractivity contribution in [1.82, 2.24) is 9.97 Å². The Morgan fingerprint density at radius 2 is 1.73 bits per heavy atom. The maximum atomic E-state index is 12.5. The first-order valence-electron chi connectivity index (χ1n) is 9.89. The molecule has 0 aliphatic heterocycles. The lowest BCUT2D eigenvalue weighted by atomic mass is 10.2. The molecule has 0 spiro atoms. The number of furan rings is 1. The monoisotopic (exact) mass is 461 g/mol. The van der Waals surface area contributed by atoms with E-state index in [1.165, 1.54) is 17.6 Å². The minimum atomic E-state index is -0.322. The second-order valence-electron chi connectivity index (χ2n) is 6.98. The van der Waals surface area contributed by atoms with Crippen molar-refractivity contribution < 1.29 is 18.8 Å². The third kappa shape index (κ3) is 5.69. The third-order valence-corrected chi connectivity index (χ3v) is 5.37. The lowest BCUT2D eigenvalue weighted by molar-refractivity contribution is -0.115. The van der Waals surface area contributed by atoms with Crippen LogP contribution >= 0.6 is 11.3 Å². The van der Waals surface area contributed by atoms with E-state index in [-0.39, 0.29) is 24.1 Å². The SMILES string of the molecule is Cc1occc1C(=O)Nc1nc(CC(=O)Nc2cccc(NC(=O)c3ccncc3)c2)cs1. The summed E-state index contributed by atoms with van der Waals surface area (Å²) in [6.07, 6.45) is 4.56. The average molecular weight is 462 g/mol. The second-order valence-corrected chi connectivity index (χ2v) is 7.84. The van der Waals surface area contributed by atoms with Gasteiger partial charge >= 0.3 is 0 Å². The molecule has 3 heterocycles. The predicted molar refractivity (Wildman–Crippen MR) is 124 cm³/mol. The van der Waals surface area contributed by atoms with Crippen molar-refractivity contribution in [2.45, 2.75) is 13.3 Å². The number of pyridine rings is 1. The van der Waals surface area contributed by atoms with Crippen molar-refractivity contribution in [2.24, 2.45) is 0 Å². The molecule has 0 atom stereocenters. The predicted octanol–water partition coefficient (Wildman–Crippen LogP) is 4.13. The first kappa shape index (κ1) is 21.9. The lowest BCUT2D eigenvalue weighted by Crippen LogP contribution is -2.16. The first-order valence-corrected chi connectivity index (χ1v) is 10.8. The number of aryl methyl sites for hydroxylation is 1. The van der Waals surface area contributed by atoms with Crippen LogP contribution in [0.2, 0.25) is 0 Å². The number of rotatable bonds is 7.